The molecule has 132 valence electrons. The van der Waals surface area contributed by atoms with Crippen LogP contribution < -0.4 is 5.32 Å². The zero-order valence-corrected chi connectivity index (χ0v) is 14.2. The van der Waals surface area contributed by atoms with E-state index < -0.39 is 9.85 Å². The second-order valence-electron chi connectivity index (χ2n) is 6.47. The minimum Gasteiger partial charge on any atom is -0.376 e. The Morgan fingerprint density at radius 3 is 2.38 bits per heavy atom. The van der Waals surface area contributed by atoms with Gasteiger partial charge in [0.2, 0.25) is 0 Å². The monoisotopic (exact) mass is 371 g/mol. The van der Waals surface area contributed by atoms with Gasteiger partial charge in [-0.3, -0.25) is 20.2 Å². The van der Waals surface area contributed by atoms with Crippen molar-refractivity contribution in [3.05, 3.63) is 84.9 Å². The average Bonchev–Trinajstić information content (AvgIpc) is 3.11. The summed E-state index contributed by atoms with van der Waals surface area (Å²) in [6.07, 6.45) is 4.94. The van der Waals surface area contributed by atoms with Gasteiger partial charge >= 0.3 is 0 Å². The Morgan fingerprint density at radius 2 is 1.73 bits per heavy atom. The molecule has 8 heteroatoms. The Balaban J connectivity index is 1.77. The second kappa shape index (κ2) is 6.10. The first-order valence-electron chi connectivity index (χ1n) is 8.11. The van der Waals surface area contributed by atoms with Crippen molar-refractivity contribution in [1.29, 1.82) is 0 Å². The molecule has 0 saturated carbocycles. The van der Waals surface area contributed by atoms with Crippen LogP contribution >= 0.6 is 11.6 Å². The number of nitrogens with one attached hydrogen (secondary N) is 1. The van der Waals surface area contributed by atoms with Crippen LogP contribution in [0.2, 0.25) is 5.02 Å². The van der Waals surface area contributed by atoms with Crippen LogP contribution in [0.5, 0.6) is 0 Å². The van der Waals surface area contributed by atoms with E-state index in [1.165, 1.54) is 18.2 Å². The van der Waals surface area contributed by atoms with Gasteiger partial charge in [0.15, 0.2) is 0 Å². The van der Waals surface area contributed by atoms with E-state index in [0.717, 1.165) is 17.5 Å². The average molecular weight is 372 g/mol. The Labute approximate surface area is 153 Å². The molecule has 1 heterocycles. The smallest absolute Gasteiger partial charge is 0.271 e. The molecule has 26 heavy (non-hydrogen) atoms. The normalized spacial score (nSPS) is 23.0. The fourth-order valence-corrected chi connectivity index (χ4v) is 4.15. The van der Waals surface area contributed by atoms with Crippen molar-refractivity contribution in [2.75, 3.05) is 5.32 Å². The molecule has 0 fully saturated rings. The lowest BCUT2D eigenvalue weighted by molar-refractivity contribution is -0.385. The van der Waals surface area contributed by atoms with Crippen molar-refractivity contribution in [1.82, 2.24) is 0 Å². The van der Waals surface area contributed by atoms with Crippen LogP contribution in [-0.4, -0.2) is 9.85 Å². The quantitative estimate of drug-likeness (QED) is 0.466. The molecule has 7 nitrogen and oxygen atoms in total. The first kappa shape index (κ1) is 16.5. The summed E-state index contributed by atoms with van der Waals surface area (Å²) in [5.41, 5.74) is 2.45. The summed E-state index contributed by atoms with van der Waals surface area (Å²) in [5.74, 6) is 0.186. The molecule has 2 aromatic carbocycles. The fraction of sp³-hybridized carbons (Fsp3) is 0.222. The highest BCUT2D eigenvalue weighted by Crippen LogP contribution is 2.52. The highest BCUT2D eigenvalue weighted by Gasteiger charge is 2.39. The summed E-state index contributed by atoms with van der Waals surface area (Å²) >= 11 is 6.32. The summed E-state index contributed by atoms with van der Waals surface area (Å²) in [5, 5.41) is 25.7. The molecule has 0 saturated heterocycles. The summed E-state index contributed by atoms with van der Waals surface area (Å²) in [6.45, 7) is 0. The number of hydrogen-bond acceptors (Lipinski definition) is 5. The molecule has 4 rings (SSSR count). The summed E-state index contributed by atoms with van der Waals surface area (Å²) in [4.78, 5) is 21.2. The van der Waals surface area contributed by atoms with Gasteiger partial charge in [-0.2, -0.15) is 0 Å². The van der Waals surface area contributed by atoms with Crippen LogP contribution in [0.25, 0.3) is 0 Å². The van der Waals surface area contributed by atoms with Gasteiger partial charge in [-0.1, -0.05) is 35.9 Å². The highest BCUT2D eigenvalue weighted by atomic mass is 35.5. The van der Waals surface area contributed by atoms with Crippen LogP contribution in [-0.2, 0) is 0 Å². The second-order valence-corrected chi connectivity index (χ2v) is 6.88. The van der Waals surface area contributed by atoms with E-state index in [2.05, 4.69) is 17.5 Å². The number of rotatable bonds is 3. The van der Waals surface area contributed by atoms with E-state index in [1.807, 2.05) is 0 Å². The third-order valence-corrected chi connectivity index (χ3v) is 5.38. The topological polar surface area (TPSA) is 98.3 Å². The van der Waals surface area contributed by atoms with Crippen LogP contribution in [0.15, 0.2) is 48.6 Å². The van der Waals surface area contributed by atoms with Crippen molar-refractivity contribution in [3.63, 3.8) is 0 Å². The minimum atomic E-state index is -0.442. The molecule has 0 aromatic heterocycles. The number of allylic oxidation sites excluding steroid dienone is 2. The molecule has 2 aromatic rings. The van der Waals surface area contributed by atoms with Gasteiger partial charge in [0, 0.05) is 30.2 Å². The van der Waals surface area contributed by atoms with Gasteiger partial charge in [-0.05, 0) is 23.5 Å². The lowest BCUT2D eigenvalue weighted by Gasteiger charge is -2.37. The number of hydrogen-bond donors (Lipinski definition) is 1. The maximum atomic E-state index is 11.2. The van der Waals surface area contributed by atoms with E-state index >= 15 is 0 Å². The number of halogens is 1. The Bertz CT molecular complexity index is 942. The molecule has 1 N–H and O–H groups in total. The SMILES string of the molecule is O=[N+]([O-])c1ccc([C@@H]2Nc3c(Cl)cc([N+](=O)[O-])cc3[C@H]3C=CC[C@@H]32)cc1. The van der Waals surface area contributed by atoms with Gasteiger partial charge < -0.3 is 5.32 Å². The van der Waals surface area contributed by atoms with Crippen LogP contribution in [0, 0.1) is 26.1 Å². The van der Waals surface area contributed by atoms with Crippen molar-refractivity contribution in [2.45, 2.75) is 18.4 Å². The van der Waals surface area contributed by atoms with Gasteiger partial charge in [0.25, 0.3) is 11.4 Å². The van der Waals surface area contributed by atoms with Gasteiger partial charge in [-0.25, -0.2) is 0 Å². The third kappa shape index (κ3) is 2.61. The van der Waals surface area contributed by atoms with E-state index in [1.54, 1.807) is 18.2 Å². The molecule has 1 aliphatic carbocycles. The number of benzene rings is 2. The predicted molar refractivity (Wildman–Crippen MR) is 97.6 cm³/mol. The van der Waals surface area contributed by atoms with Crippen LogP contribution in [0.1, 0.15) is 29.5 Å². The van der Waals surface area contributed by atoms with E-state index in [4.69, 9.17) is 11.6 Å². The molecule has 0 spiro atoms. The van der Waals surface area contributed by atoms with E-state index in [0.29, 0.717) is 10.7 Å². The van der Waals surface area contributed by atoms with Crippen molar-refractivity contribution < 1.29 is 9.85 Å². The standard InChI is InChI=1S/C18H14ClN3O4/c19-16-9-12(22(25)26)8-15-13-2-1-3-14(13)17(20-18(15)16)10-4-6-11(7-5-10)21(23)24/h1-2,4-9,13-14,17,20H,3H2/t13-,14-,17-/m0/s1. The summed E-state index contributed by atoms with van der Waals surface area (Å²) in [7, 11) is 0. The first-order chi connectivity index (χ1) is 12.5. The largest absolute Gasteiger partial charge is 0.376 e. The van der Waals surface area contributed by atoms with Gasteiger partial charge in [0.05, 0.1) is 26.6 Å². The van der Waals surface area contributed by atoms with Crippen molar-refractivity contribution >= 4 is 28.7 Å². The van der Waals surface area contributed by atoms with Crippen LogP contribution in [0.3, 0.4) is 0 Å². The first-order valence-corrected chi connectivity index (χ1v) is 8.49. The number of anilines is 1. The molecule has 0 amide bonds. The van der Waals surface area contributed by atoms with E-state index in [-0.39, 0.29) is 29.3 Å². The van der Waals surface area contributed by atoms with Gasteiger partial charge in [0.1, 0.15) is 0 Å². The van der Waals surface area contributed by atoms with E-state index in [9.17, 15) is 20.2 Å². The summed E-state index contributed by atoms with van der Waals surface area (Å²) in [6, 6.07) is 9.31. The number of nitrogens with zero attached hydrogens (tertiary/aromatic N) is 2. The zero-order valence-electron chi connectivity index (χ0n) is 13.5. The molecule has 3 atom stereocenters. The molecule has 0 bridgehead atoms. The maximum Gasteiger partial charge on any atom is 0.271 e. The Kier molecular flexibility index (Phi) is 3.88. The lowest BCUT2D eigenvalue weighted by atomic mass is 9.77. The minimum absolute atomic E-state index is 0.0174. The highest BCUT2D eigenvalue weighted by molar-refractivity contribution is 6.33. The molecule has 0 radical (unpaired) electrons. The molecule has 0 unspecified atom stereocenters. The Hall–Kier alpha value is -2.93. The molecular formula is C18H14ClN3O4. The zero-order chi connectivity index (χ0) is 18.4. The molecule has 1 aliphatic heterocycles. The number of nitro benzene ring substituents is 2. The molecular weight excluding hydrogens is 358 g/mol. The van der Waals surface area contributed by atoms with Crippen molar-refractivity contribution in [3.8, 4) is 0 Å². The van der Waals surface area contributed by atoms with Gasteiger partial charge in [-0.15, -0.1) is 0 Å². The number of nitro groups is 2. The Morgan fingerprint density at radius 1 is 1.04 bits per heavy atom. The fourth-order valence-electron chi connectivity index (χ4n) is 3.88. The number of fused-ring (bicyclic) bond motifs is 3. The number of non-ortho nitro benzene ring substituents is 2. The van der Waals surface area contributed by atoms with Crippen molar-refractivity contribution in [2.24, 2.45) is 5.92 Å². The summed E-state index contributed by atoms with van der Waals surface area (Å²) < 4.78 is 0. The maximum absolute atomic E-state index is 11.2. The predicted octanol–water partition coefficient (Wildman–Crippen LogP) is 4.98. The molecule has 2 aliphatic rings. The van der Waals surface area contributed by atoms with Crippen LogP contribution in [0.4, 0.5) is 17.1 Å². The lowest BCUT2D eigenvalue weighted by Crippen LogP contribution is -2.29. The third-order valence-electron chi connectivity index (χ3n) is 5.08.